The molecule has 0 radical (unpaired) electrons. The summed E-state index contributed by atoms with van der Waals surface area (Å²) in [6.45, 7) is 3.97. The number of hydrogen-bond donors (Lipinski definition) is 2. The van der Waals surface area contributed by atoms with Crippen LogP contribution in [0.15, 0.2) is 17.4 Å². The largest absolute Gasteiger partial charge is 0.370 e. The van der Waals surface area contributed by atoms with Crippen molar-refractivity contribution < 1.29 is 4.92 Å². The van der Waals surface area contributed by atoms with Crippen LogP contribution in [0.3, 0.4) is 0 Å². The maximum atomic E-state index is 10.5. The van der Waals surface area contributed by atoms with Crippen molar-refractivity contribution in [1.29, 1.82) is 0 Å². The number of guanidine groups is 1. The van der Waals surface area contributed by atoms with E-state index < -0.39 is 4.92 Å². The highest BCUT2D eigenvalue weighted by molar-refractivity contribution is 14.0. The van der Waals surface area contributed by atoms with Crippen LogP contribution in [-0.4, -0.2) is 33.8 Å². The number of nitro groups is 1. The fourth-order valence-electron chi connectivity index (χ4n) is 2.02. The molecule has 9 heteroatoms. The van der Waals surface area contributed by atoms with Crippen molar-refractivity contribution in [3.63, 3.8) is 0 Å². The van der Waals surface area contributed by atoms with Gasteiger partial charge in [-0.1, -0.05) is 39.0 Å². The highest BCUT2D eigenvalue weighted by Gasteiger charge is 2.07. The molecular formula is C14H27IN6O2. The van der Waals surface area contributed by atoms with Crippen molar-refractivity contribution in [2.24, 2.45) is 10.7 Å². The molecule has 0 unspecified atom stereocenters. The van der Waals surface area contributed by atoms with Crippen LogP contribution in [0.25, 0.3) is 0 Å². The molecule has 0 bridgehead atoms. The average molecular weight is 438 g/mol. The Balaban J connectivity index is 0.00000484. The van der Waals surface area contributed by atoms with Crippen molar-refractivity contribution in [2.45, 2.75) is 52.0 Å². The molecule has 0 aliphatic heterocycles. The third kappa shape index (κ3) is 10.1. The van der Waals surface area contributed by atoms with E-state index in [0.717, 1.165) is 13.0 Å². The summed E-state index contributed by atoms with van der Waals surface area (Å²) in [5.74, 6) is 0.412. The molecule has 1 heterocycles. The molecule has 1 aromatic heterocycles. The first-order chi connectivity index (χ1) is 10.6. The van der Waals surface area contributed by atoms with Crippen LogP contribution in [-0.2, 0) is 6.54 Å². The lowest BCUT2D eigenvalue weighted by atomic mass is 10.1. The summed E-state index contributed by atoms with van der Waals surface area (Å²) >= 11 is 0. The number of aliphatic imine (C=N–C) groups is 1. The lowest BCUT2D eigenvalue weighted by Crippen LogP contribution is -2.34. The predicted molar refractivity (Wildman–Crippen MR) is 102 cm³/mol. The highest BCUT2D eigenvalue weighted by Crippen LogP contribution is 2.07. The first-order valence-electron chi connectivity index (χ1n) is 7.84. The predicted octanol–water partition coefficient (Wildman–Crippen LogP) is 2.67. The molecule has 3 N–H and O–H groups in total. The summed E-state index contributed by atoms with van der Waals surface area (Å²) in [5.41, 5.74) is 5.75. The summed E-state index contributed by atoms with van der Waals surface area (Å²) in [6.07, 6.45) is 9.98. The molecule has 132 valence electrons. The maximum absolute atomic E-state index is 10.5. The number of nitrogens with zero attached hydrogens (tertiary/aromatic N) is 4. The summed E-state index contributed by atoms with van der Waals surface area (Å²) in [4.78, 5) is 14.3. The van der Waals surface area contributed by atoms with Crippen LogP contribution in [0.2, 0.25) is 0 Å². The molecule has 0 atom stereocenters. The Labute approximate surface area is 154 Å². The van der Waals surface area contributed by atoms with Crippen LogP contribution in [0.4, 0.5) is 5.69 Å². The van der Waals surface area contributed by atoms with Crippen molar-refractivity contribution >= 4 is 35.6 Å². The topological polar surface area (TPSA) is 111 Å². The minimum Gasteiger partial charge on any atom is -0.370 e. The number of nitrogens with one attached hydrogen (secondary N) is 1. The summed E-state index contributed by atoms with van der Waals surface area (Å²) in [6, 6.07) is 0. The summed E-state index contributed by atoms with van der Waals surface area (Å²) in [7, 11) is 0. The Kier molecular flexibility index (Phi) is 12.3. The Morgan fingerprint density at radius 1 is 1.39 bits per heavy atom. The molecule has 0 aliphatic carbocycles. The number of nitrogens with two attached hydrogens (primary N) is 1. The van der Waals surface area contributed by atoms with Gasteiger partial charge >= 0.3 is 5.69 Å². The maximum Gasteiger partial charge on any atom is 0.306 e. The van der Waals surface area contributed by atoms with Gasteiger partial charge in [-0.25, -0.2) is 0 Å². The van der Waals surface area contributed by atoms with E-state index in [4.69, 9.17) is 5.73 Å². The van der Waals surface area contributed by atoms with Crippen LogP contribution >= 0.6 is 24.0 Å². The smallest absolute Gasteiger partial charge is 0.306 e. The fourth-order valence-corrected chi connectivity index (χ4v) is 2.02. The Hall–Kier alpha value is -1.39. The van der Waals surface area contributed by atoms with Gasteiger partial charge in [-0.3, -0.25) is 19.8 Å². The van der Waals surface area contributed by atoms with E-state index in [2.05, 4.69) is 22.3 Å². The standard InChI is InChI=1S/C14H26N6O2.HI/c1-2-3-4-5-6-7-8-16-14(15)17-9-10-19-12-13(11-18-19)20(21)22;/h11-12H,2-10H2,1H3,(H3,15,16,17);1H. The van der Waals surface area contributed by atoms with Crippen molar-refractivity contribution in [1.82, 2.24) is 15.1 Å². The molecule has 8 nitrogen and oxygen atoms in total. The lowest BCUT2D eigenvalue weighted by Gasteiger charge is -2.05. The molecule has 0 saturated heterocycles. The molecule has 0 aliphatic rings. The van der Waals surface area contributed by atoms with Crippen LogP contribution < -0.4 is 11.1 Å². The zero-order chi connectivity index (χ0) is 16.2. The molecule has 0 fully saturated rings. The molecule has 1 aromatic rings. The monoisotopic (exact) mass is 438 g/mol. The fraction of sp³-hybridized carbons (Fsp3) is 0.714. The van der Waals surface area contributed by atoms with Gasteiger partial charge in [0.15, 0.2) is 5.96 Å². The second-order valence-electron chi connectivity index (χ2n) is 5.18. The molecule has 0 spiro atoms. The second-order valence-corrected chi connectivity index (χ2v) is 5.18. The summed E-state index contributed by atoms with van der Waals surface area (Å²) < 4.78 is 1.51. The molecule has 0 amide bonds. The van der Waals surface area contributed by atoms with Gasteiger partial charge in [0.1, 0.15) is 12.4 Å². The minimum atomic E-state index is -0.465. The van der Waals surface area contributed by atoms with Gasteiger partial charge in [-0.05, 0) is 6.42 Å². The number of rotatable bonds is 11. The van der Waals surface area contributed by atoms with E-state index in [1.165, 1.54) is 49.2 Å². The van der Waals surface area contributed by atoms with E-state index >= 15 is 0 Å². The van der Waals surface area contributed by atoms with E-state index in [1.54, 1.807) is 0 Å². The normalized spacial score (nSPS) is 11.1. The number of aromatic nitrogens is 2. The van der Waals surface area contributed by atoms with E-state index in [9.17, 15) is 10.1 Å². The first kappa shape index (κ1) is 21.6. The van der Waals surface area contributed by atoms with E-state index in [0.29, 0.717) is 19.0 Å². The molecule has 1 rings (SSSR count). The van der Waals surface area contributed by atoms with Gasteiger partial charge in [0, 0.05) is 13.1 Å². The third-order valence-electron chi connectivity index (χ3n) is 3.27. The van der Waals surface area contributed by atoms with Crippen molar-refractivity contribution in [2.75, 3.05) is 13.1 Å². The van der Waals surface area contributed by atoms with Crippen LogP contribution in [0, 0.1) is 10.1 Å². The zero-order valence-electron chi connectivity index (χ0n) is 13.6. The highest BCUT2D eigenvalue weighted by atomic mass is 127. The van der Waals surface area contributed by atoms with Gasteiger partial charge in [0.05, 0.1) is 11.5 Å². The van der Waals surface area contributed by atoms with Crippen molar-refractivity contribution in [3.8, 4) is 0 Å². The minimum absolute atomic E-state index is 0. The zero-order valence-corrected chi connectivity index (χ0v) is 15.9. The Morgan fingerprint density at radius 3 is 2.74 bits per heavy atom. The van der Waals surface area contributed by atoms with Gasteiger partial charge in [0.25, 0.3) is 0 Å². The number of unbranched alkanes of at least 4 members (excludes halogenated alkanes) is 5. The van der Waals surface area contributed by atoms with E-state index in [-0.39, 0.29) is 29.7 Å². The second kappa shape index (κ2) is 13.1. The van der Waals surface area contributed by atoms with Crippen LogP contribution in [0.1, 0.15) is 45.4 Å². The first-order valence-corrected chi connectivity index (χ1v) is 7.84. The van der Waals surface area contributed by atoms with Crippen LogP contribution in [0.5, 0.6) is 0 Å². The molecule has 0 saturated carbocycles. The quantitative estimate of drug-likeness (QED) is 0.138. The number of halogens is 1. The van der Waals surface area contributed by atoms with Gasteiger partial charge in [0.2, 0.25) is 0 Å². The third-order valence-corrected chi connectivity index (χ3v) is 3.27. The molecule has 0 aromatic carbocycles. The van der Waals surface area contributed by atoms with E-state index in [1.807, 2.05) is 0 Å². The molecular weight excluding hydrogens is 411 g/mol. The SMILES string of the molecule is CCCCCCCCN=C(N)NCCn1cc([N+](=O)[O-])cn1.I. The average Bonchev–Trinajstić information content (AvgIpc) is 2.95. The lowest BCUT2D eigenvalue weighted by molar-refractivity contribution is -0.385. The van der Waals surface area contributed by atoms with Gasteiger partial charge in [-0.2, -0.15) is 5.10 Å². The number of hydrogen-bond acceptors (Lipinski definition) is 4. The Bertz CT molecular complexity index is 478. The van der Waals surface area contributed by atoms with Crippen molar-refractivity contribution in [3.05, 3.63) is 22.5 Å². The molecule has 23 heavy (non-hydrogen) atoms. The Morgan fingerprint density at radius 2 is 2.09 bits per heavy atom. The summed E-state index contributed by atoms with van der Waals surface area (Å²) in [5, 5.41) is 17.4. The van der Waals surface area contributed by atoms with Gasteiger partial charge < -0.3 is 11.1 Å². The van der Waals surface area contributed by atoms with Gasteiger partial charge in [-0.15, -0.1) is 24.0 Å².